The first-order valence-corrected chi connectivity index (χ1v) is 5.60. The van der Waals surface area contributed by atoms with Gasteiger partial charge in [-0.3, -0.25) is 4.79 Å². The van der Waals surface area contributed by atoms with Crippen LogP contribution in [-0.2, 0) is 0 Å². The smallest absolute Gasteiger partial charge is 0.150 e. The van der Waals surface area contributed by atoms with Gasteiger partial charge >= 0.3 is 0 Å². The zero-order chi connectivity index (χ0) is 10.7. The van der Waals surface area contributed by atoms with Crippen molar-refractivity contribution in [3.8, 4) is 0 Å². The zero-order valence-electron chi connectivity index (χ0n) is 9.15. The number of benzene rings is 1. The molecule has 0 spiro atoms. The number of anilines is 1. The highest BCUT2D eigenvalue weighted by Crippen LogP contribution is 2.23. The van der Waals surface area contributed by atoms with Crippen molar-refractivity contribution in [3.63, 3.8) is 0 Å². The summed E-state index contributed by atoms with van der Waals surface area (Å²) in [6, 6.07) is 7.87. The van der Waals surface area contributed by atoms with Gasteiger partial charge in [-0.1, -0.05) is 19.1 Å². The summed E-state index contributed by atoms with van der Waals surface area (Å²) in [7, 11) is 0. The van der Waals surface area contributed by atoms with E-state index in [0.29, 0.717) is 0 Å². The first-order chi connectivity index (χ1) is 7.29. The van der Waals surface area contributed by atoms with E-state index in [0.717, 1.165) is 30.9 Å². The Labute approximate surface area is 90.9 Å². The lowest BCUT2D eigenvalue weighted by molar-refractivity contribution is 0.112. The molecule has 2 heteroatoms. The summed E-state index contributed by atoms with van der Waals surface area (Å²) in [5.74, 6) is 0.843. The Bertz CT molecular complexity index is 340. The molecule has 0 amide bonds. The second-order valence-corrected chi connectivity index (χ2v) is 4.38. The first-order valence-electron chi connectivity index (χ1n) is 5.60. The van der Waals surface area contributed by atoms with E-state index in [1.54, 1.807) is 0 Å². The molecule has 0 saturated carbocycles. The molecule has 2 rings (SSSR count). The van der Waals surface area contributed by atoms with E-state index in [9.17, 15) is 4.79 Å². The van der Waals surface area contributed by atoms with Crippen LogP contribution >= 0.6 is 0 Å². The molecular formula is C13H17NO. The summed E-state index contributed by atoms with van der Waals surface area (Å²) < 4.78 is 0. The molecule has 1 saturated heterocycles. The van der Waals surface area contributed by atoms with Crippen LogP contribution < -0.4 is 4.90 Å². The van der Waals surface area contributed by atoms with Gasteiger partial charge in [0.2, 0.25) is 0 Å². The van der Waals surface area contributed by atoms with Crippen molar-refractivity contribution in [2.45, 2.75) is 19.8 Å². The van der Waals surface area contributed by atoms with Crippen LogP contribution in [0.15, 0.2) is 24.3 Å². The average Bonchev–Trinajstić information content (AvgIpc) is 2.30. The molecule has 0 N–H and O–H groups in total. The van der Waals surface area contributed by atoms with E-state index in [-0.39, 0.29) is 0 Å². The van der Waals surface area contributed by atoms with Gasteiger partial charge < -0.3 is 4.90 Å². The third-order valence-electron chi connectivity index (χ3n) is 3.16. The predicted octanol–water partition coefficient (Wildman–Crippen LogP) is 2.74. The summed E-state index contributed by atoms with van der Waals surface area (Å²) in [4.78, 5) is 13.0. The van der Waals surface area contributed by atoms with E-state index in [2.05, 4.69) is 17.9 Å². The van der Waals surface area contributed by atoms with Crippen LogP contribution in [0.3, 0.4) is 0 Å². The third kappa shape index (κ3) is 2.38. The van der Waals surface area contributed by atoms with Crippen molar-refractivity contribution < 1.29 is 4.79 Å². The van der Waals surface area contributed by atoms with Gasteiger partial charge in [-0.05, 0) is 30.9 Å². The van der Waals surface area contributed by atoms with E-state index in [4.69, 9.17) is 0 Å². The molecule has 0 unspecified atom stereocenters. The van der Waals surface area contributed by atoms with Crippen LogP contribution in [0.4, 0.5) is 5.69 Å². The highest BCUT2D eigenvalue weighted by atomic mass is 16.1. The van der Waals surface area contributed by atoms with Crippen molar-refractivity contribution >= 4 is 12.0 Å². The Morgan fingerprint density at radius 2 is 2.07 bits per heavy atom. The standard InChI is InChI=1S/C13H17NO/c1-11-5-7-14(8-6-11)13-4-2-3-12(9-13)10-15/h2-4,9-11H,5-8H2,1H3. The summed E-state index contributed by atoms with van der Waals surface area (Å²) in [6.45, 7) is 4.53. The van der Waals surface area contributed by atoms with Crippen LogP contribution in [0.1, 0.15) is 30.1 Å². The molecule has 0 aliphatic carbocycles. The number of carbonyl (C=O) groups is 1. The van der Waals surface area contributed by atoms with Gasteiger partial charge in [0, 0.05) is 24.3 Å². The molecule has 1 aliphatic rings. The molecule has 1 aromatic rings. The second-order valence-electron chi connectivity index (χ2n) is 4.38. The topological polar surface area (TPSA) is 20.3 Å². The lowest BCUT2D eigenvalue weighted by atomic mass is 9.98. The molecular weight excluding hydrogens is 186 g/mol. The average molecular weight is 203 g/mol. The Kier molecular flexibility index (Phi) is 3.05. The summed E-state index contributed by atoms with van der Waals surface area (Å²) >= 11 is 0. The van der Waals surface area contributed by atoms with Gasteiger partial charge in [0.05, 0.1) is 0 Å². The number of carbonyl (C=O) groups excluding carboxylic acids is 1. The minimum absolute atomic E-state index is 0.770. The summed E-state index contributed by atoms with van der Waals surface area (Å²) in [5.41, 5.74) is 1.96. The van der Waals surface area contributed by atoms with Crippen molar-refractivity contribution in [2.75, 3.05) is 18.0 Å². The van der Waals surface area contributed by atoms with E-state index >= 15 is 0 Å². The number of aldehydes is 1. The van der Waals surface area contributed by atoms with Crippen LogP contribution in [-0.4, -0.2) is 19.4 Å². The largest absolute Gasteiger partial charge is 0.371 e. The van der Waals surface area contributed by atoms with Gasteiger partial charge in [-0.2, -0.15) is 0 Å². The lowest BCUT2D eigenvalue weighted by Crippen LogP contribution is -2.32. The number of nitrogens with zero attached hydrogens (tertiary/aromatic N) is 1. The zero-order valence-corrected chi connectivity index (χ0v) is 9.15. The van der Waals surface area contributed by atoms with Gasteiger partial charge in [0.15, 0.2) is 0 Å². The number of rotatable bonds is 2. The predicted molar refractivity (Wildman–Crippen MR) is 62.4 cm³/mol. The first kappa shape index (κ1) is 10.2. The van der Waals surface area contributed by atoms with Crippen LogP contribution in [0, 0.1) is 5.92 Å². The maximum absolute atomic E-state index is 10.7. The van der Waals surface area contributed by atoms with Crippen molar-refractivity contribution in [1.29, 1.82) is 0 Å². The highest BCUT2D eigenvalue weighted by Gasteiger charge is 2.15. The fraction of sp³-hybridized carbons (Fsp3) is 0.462. The van der Waals surface area contributed by atoms with E-state index < -0.39 is 0 Å². The molecule has 1 aromatic carbocycles. The molecule has 0 aromatic heterocycles. The summed E-state index contributed by atoms with van der Waals surface area (Å²) in [6.07, 6.45) is 3.42. The van der Waals surface area contributed by atoms with Crippen LogP contribution in [0.2, 0.25) is 0 Å². The highest BCUT2D eigenvalue weighted by molar-refractivity contribution is 5.77. The van der Waals surface area contributed by atoms with Crippen molar-refractivity contribution in [2.24, 2.45) is 5.92 Å². The quantitative estimate of drug-likeness (QED) is 0.689. The molecule has 0 radical (unpaired) electrons. The van der Waals surface area contributed by atoms with Crippen molar-refractivity contribution in [1.82, 2.24) is 0 Å². The normalized spacial score (nSPS) is 17.8. The van der Waals surface area contributed by atoms with Crippen molar-refractivity contribution in [3.05, 3.63) is 29.8 Å². The molecule has 1 fully saturated rings. The number of hydrogen-bond acceptors (Lipinski definition) is 2. The molecule has 0 atom stereocenters. The van der Waals surface area contributed by atoms with E-state index in [1.165, 1.54) is 18.5 Å². The van der Waals surface area contributed by atoms with E-state index in [1.807, 2.05) is 18.2 Å². The van der Waals surface area contributed by atoms with Gasteiger partial charge in [-0.15, -0.1) is 0 Å². The second kappa shape index (κ2) is 4.47. The fourth-order valence-corrected chi connectivity index (χ4v) is 2.06. The molecule has 15 heavy (non-hydrogen) atoms. The van der Waals surface area contributed by atoms with Crippen LogP contribution in [0.5, 0.6) is 0 Å². The Hall–Kier alpha value is -1.31. The number of piperidine rings is 1. The minimum Gasteiger partial charge on any atom is -0.371 e. The maximum atomic E-state index is 10.7. The molecule has 2 nitrogen and oxygen atoms in total. The van der Waals surface area contributed by atoms with Crippen LogP contribution in [0.25, 0.3) is 0 Å². The molecule has 1 heterocycles. The third-order valence-corrected chi connectivity index (χ3v) is 3.16. The SMILES string of the molecule is CC1CCN(c2cccc(C=O)c2)CC1. The molecule has 80 valence electrons. The Morgan fingerprint density at radius 1 is 1.33 bits per heavy atom. The Morgan fingerprint density at radius 3 is 2.73 bits per heavy atom. The van der Waals surface area contributed by atoms with Gasteiger partial charge in [-0.25, -0.2) is 0 Å². The van der Waals surface area contributed by atoms with Gasteiger partial charge in [0.1, 0.15) is 6.29 Å². The fourth-order valence-electron chi connectivity index (χ4n) is 2.06. The monoisotopic (exact) mass is 203 g/mol. The number of hydrogen-bond donors (Lipinski definition) is 0. The molecule has 0 bridgehead atoms. The molecule has 1 aliphatic heterocycles. The summed E-state index contributed by atoms with van der Waals surface area (Å²) in [5, 5.41) is 0. The Balaban J connectivity index is 2.11. The maximum Gasteiger partial charge on any atom is 0.150 e. The minimum atomic E-state index is 0.770. The lowest BCUT2D eigenvalue weighted by Gasteiger charge is -2.32. The van der Waals surface area contributed by atoms with Gasteiger partial charge in [0.25, 0.3) is 0 Å².